The van der Waals surface area contributed by atoms with Crippen molar-refractivity contribution in [2.75, 3.05) is 26.2 Å². The van der Waals surface area contributed by atoms with Gasteiger partial charge in [0.15, 0.2) is 0 Å². The number of carbonyl (C=O) groups excluding carboxylic acids is 1. The Bertz CT molecular complexity index is 805. The van der Waals surface area contributed by atoms with Crippen molar-refractivity contribution in [3.63, 3.8) is 0 Å². The Morgan fingerprint density at radius 1 is 1.21 bits per heavy atom. The molecule has 1 saturated heterocycles. The van der Waals surface area contributed by atoms with E-state index >= 15 is 0 Å². The van der Waals surface area contributed by atoms with Gasteiger partial charge in [0, 0.05) is 61.1 Å². The summed E-state index contributed by atoms with van der Waals surface area (Å²) < 4.78 is 32.2. The van der Waals surface area contributed by atoms with Crippen LogP contribution in [0.3, 0.4) is 0 Å². The number of likely N-dealkylation sites (tertiary alicyclic amines) is 1. The van der Waals surface area contributed by atoms with E-state index in [1.165, 1.54) is 10.4 Å². The van der Waals surface area contributed by atoms with E-state index in [1.807, 2.05) is 25.2 Å². The molecule has 2 aliphatic carbocycles. The quantitative estimate of drug-likeness (QED) is 0.580. The van der Waals surface area contributed by atoms with Crippen molar-refractivity contribution < 1.29 is 18.3 Å². The molecule has 3 fully saturated rings. The van der Waals surface area contributed by atoms with Gasteiger partial charge in [-0.3, -0.25) is 4.79 Å². The van der Waals surface area contributed by atoms with Gasteiger partial charge in [-0.2, -0.15) is 0 Å². The number of hydrogen-bond donors (Lipinski definition) is 1. The van der Waals surface area contributed by atoms with Crippen molar-refractivity contribution in [3.8, 4) is 0 Å². The van der Waals surface area contributed by atoms with Crippen molar-refractivity contribution in [2.24, 2.45) is 11.8 Å². The highest BCUT2D eigenvalue weighted by Gasteiger charge is 2.46. The first kappa shape index (κ1) is 25.1. The number of thiophene rings is 1. The van der Waals surface area contributed by atoms with Gasteiger partial charge in [-0.25, -0.2) is 8.78 Å². The van der Waals surface area contributed by atoms with Gasteiger partial charge >= 0.3 is 0 Å². The predicted molar refractivity (Wildman–Crippen MR) is 129 cm³/mol. The largest absolute Gasteiger partial charge is 0.370 e. The summed E-state index contributed by atoms with van der Waals surface area (Å²) in [7, 11) is 0. The summed E-state index contributed by atoms with van der Waals surface area (Å²) in [6.07, 6.45) is 6.34. The lowest BCUT2D eigenvalue weighted by molar-refractivity contribution is -0.135. The molecule has 1 amide bonds. The maximum absolute atomic E-state index is 12.9. The van der Waals surface area contributed by atoms with E-state index in [4.69, 9.17) is 4.74 Å². The fourth-order valence-electron chi connectivity index (χ4n) is 6.00. The molecule has 0 bridgehead atoms. The van der Waals surface area contributed by atoms with Crippen molar-refractivity contribution in [1.82, 2.24) is 10.2 Å². The fourth-order valence-corrected chi connectivity index (χ4v) is 7.18. The molecule has 2 aliphatic heterocycles. The number of ether oxygens (including phenoxy) is 1. The van der Waals surface area contributed by atoms with Crippen LogP contribution in [0.4, 0.5) is 8.78 Å². The SMILES string of the molecule is CC.CCc1cc2c(s1)CCOC21CCN(CC2CC(NC(=O)CC3CC(F)(F)C3)C2)CC1. The third kappa shape index (κ3) is 5.62. The Morgan fingerprint density at radius 3 is 2.55 bits per heavy atom. The van der Waals surface area contributed by atoms with E-state index in [0.717, 1.165) is 64.8 Å². The minimum atomic E-state index is -2.54. The molecule has 0 radical (unpaired) electrons. The molecule has 3 heterocycles. The Labute approximate surface area is 201 Å². The maximum Gasteiger partial charge on any atom is 0.248 e. The smallest absolute Gasteiger partial charge is 0.248 e. The number of halogens is 2. The second-order valence-electron chi connectivity index (χ2n) is 10.2. The molecule has 1 N–H and O–H groups in total. The summed E-state index contributed by atoms with van der Waals surface area (Å²) in [5, 5.41) is 3.05. The lowest BCUT2D eigenvalue weighted by Crippen LogP contribution is -2.51. The van der Waals surface area contributed by atoms with Crippen LogP contribution in [0, 0.1) is 11.8 Å². The van der Waals surface area contributed by atoms with Gasteiger partial charge in [0.2, 0.25) is 11.8 Å². The Morgan fingerprint density at radius 2 is 1.91 bits per heavy atom. The minimum absolute atomic E-state index is 0.0451. The van der Waals surface area contributed by atoms with Crippen molar-refractivity contribution in [3.05, 3.63) is 21.4 Å². The highest BCUT2D eigenvalue weighted by Crippen LogP contribution is 2.46. The normalized spacial score (nSPS) is 28.2. The van der Waals surface area contributed by atoms with E-state index < -0.39 is 5.92 Å². The third-order valence-electron chi connectivity index (χ3n) is 7.84. The number of fused-ring (bicyclic) bond motifs is 2. The molecular weight excluding hydrogens is 442 g/mol. The Hall–Kier alpha value is -1.05. The highest BCUT2D eigenvalue weighted by molar-refractivity contribution is 7.12. The summed E-state index contributed by atoms with van der Waals surface area (Å²) in [6, 6.07) is 2.63. The van der Waals surface area contributed by atoms with Gasteiger partial charge < -0.3 is 15.0 Å². The molecule has 33 heavy (non-hydrogen) atoms. The van der Waals surface area contributed by atoms with Crippen molar-refractivity contribution in [1.29, 1.82) is 0 Å². The molecule has 2 saturated carbocycles. The molecule has 0 unspecified atom stereocenters. The number of nitrogens with zero attached hydrogens (tertiary/aromatic N) is 1. The number of carbonyl (C=O) groups is 1. The van der Waals surface area contributed by atoms with Crippen LogP contribution in [0.15, 0.2) is 6.07 Å². The zero-order valence-corrected chi connectivity index (χ0v) is 21.2. The van der Waals surface area contributed by atoms with E-state index in [2.05, 4.69) is 23.2 Å². The minimum Gasteiger partial charge on any atom is -0.370 e. The molecule has 0 atom stereocenters. The predicted octanol–water partition coefficient (Wildman–Crippen LogP) is 5.53. The van der Waals surface area contributed by atoms with Crippen LogP contribution in [0.2, 0.25) is 0 Å². The molecule has 4 aliphatic rings. The molecule has 186 valence electrons. The average molecular weight is 483 g/mol. The van der Waals surface area contributed by atoms with Crippen LogP contribution in [-0.4, -0.2) is 49.0 Å². The van der Waals surface area contributed by atoms with Gasteiger partial charge in [-0.05, 0) is 55.6 Å². The second kappa shape index (κ2) is 10.3. The first-order chi connectivity index (χ1) is 15.8. The Kier molecular flexibility index (Phi) is 7.81. The second-order valence-corrected chi connectivity index (χ2v) is 11.5. The average Bonchev–Trinajstić information content (AvgIpc) is 3.19. The van der Waals surface area contributed by atoms with Gasteiger partial charge in [0.25, 0.3) is 0 Å². The number of piperidine rings is 1. The fraction of sp³-hybridized carbons (Fsp3) is 0.808. The number of hydrogen-bond acceptors (Lipinski definition) is 4. The van der Waals surface area contributed by atoms with E-state index in [-0.39, 0.29) is 42.7 Å². The zero-order chi connectivity index (χ0) is 23.6. The van der Waals surface area contributed by atoms with E-state index in [0.29, 0.717) is 5.92 Å². The summed E-state index contributed by atoms with van der Waals surface area (Å²) in [6.45, 7) is 10.3. The van der Waals surface area contributed by atoms with Crippen molar-refractivity contribution in [2.45, 2.75) is 96.1 Å². The van der Waals surface area contributed by atoms with Crippen LogP contribution in [0.5, 0.6) is 0 Å². The molecule has 7 heteroatoms. The summed E-state index contributed by atoms with van der Waals surface area (Å²) in [5.74, 6) is -2.09. The highest BCUT2D eigenvalue weighted by atomic mass is 32.1. The molecule has 1 aromatic rings. The van der Waals surface area contributed by atoms with E-state index in [9.17, 15) is 13.6 Å². The molecule has 5 rings (SSSR count). The number of aryl methyl sites for hydroxylation is 1. The Balaban J connectivity index is 0.00000126. The van der Waals surface area contributed by atoms with Crippen LogP contribution < -0.4 is 5.32 Å². The van der Waals surface area contributed by atoms with Gasteiger partial charge in [-0.1, -0.05) is 20.8 Å². The van der Waals surface area contributed by atoms with Crippen LogP contribution in [0.1, 0.15) is 81.0 Å². The summed E-state index contributed by atoms with van der Waals surface area (Å²) in [4.78, 5) is 17.7. The molecular formula is C26H40F2N2O2S. The third-order valence-corrected chi connectivity index (χ3v) is 9.18. The summed E-state index contributed by atoms with van der Waals surface area (Å²) >= 11 is 1.98. The number of nitrogens with one attached hydrogen (secondary N) is 1. The molecule has 1 spiro atoms. The number of amides is 1. The van der Waals surface area contributed by atoms with Crippen LogP contribution >= 0.6 is 11.3 Å². The maximum atomic E-state index is 12.9. The van der Waals surface area contributed by atoms with Gasteiger partial charge in [-0.15, -0.1) is 11.3 Å². The standard InChI is InChI=1S/C24H34F2N2O2S.C2H6/c1-2-19-12-20-21(31-19)3-8-30-23(20)4-6-28(7-5-23)15-16-9-18(10-16)27-22(29)11-17-13-24(25,26)14-17;1-2/h12,16-18H,2-11,13-15H2,1H3,(H,27,29);1-2H3. The molecule has 4 nitrogen and oxygen atoms in total. The first-order valence-electron chi connectivity index (χ1n) is 13.0. The molecule has 1 aromatic heterocycles. The first-order valence-corrected chi connectivity index (χ1v) is 13.8. The monoisotopic (exact) mass is 482 g/mol. The van der Waals surface area contributed by atoms with Gasteiger partial charge in [0.1, 0.15) is 0 Å². The van der Waals surface area contributed by atoms with Crippen molar-refractivity contribution >= 4 is 17.2 Å². The lowest BCUT2D eigenvalue weighted by atomic mass is 9.77. The molecule has 0 aromatic carbocycles. The van der Waals surface area contributed by atoms with Crippen LogP contribution in [0.25, 0.3) is 0 Å². The topological polar surface area (TPSA) is 41.6 Å². The number of rotatable bonds is 6. The lowest BCUT2D eigenvalue weighted by Gasteiger charge is -2.46. The van der Waals surface area contributed by atoms with Crippen LogP contribution in [-0.2, 0) is 28.0 Å². The number of alkyl halides is 2. The van der Waals surface area contributed by atoms with Gasteiger partial charge in [0.05, 0.1) is 12.2 Å². The summed E-state index contributed by atoms with van der Waals surface area (Å²) in [5.41, 5.74) is 1.40. The van der Waals surface area contributed by atoms with E-state index in [1.54, 1.807) is 4.88 Å². The zero-order valence-electron chi connectivity index (χ0n) is 20.4.